The zero-order valence-electron chi connectivity index (χ0n) is 8.06. The minimum absolute atomic E-state index is 0.0652. The van der Waals surface area contributed by atoms with Crippen LogP contribution >= 0.6 is 0 Å². The normalized spacial score (nSPS) is 18.2. The molecule has 0 heterocycles. The second-order valence-electron chi connectivity index (χ2n) is 3.48. The van der Waals surface area contributed by atoms with Gasteiger partial charge >= 0.3 is 0 Å². The Morgan fingerprint density at radius 2 is 1.46 bits per heavy atom. The monoisotopic (exact) mass is 192 g/mol. The molecule has 80 valence electrons. The van der Waals surface area contributed by atoms with Crippen molar-refractivity contribution in [1.29, 1.82) is 0 Å². The van der Waals surface area contributed by atoms with E-state index >= 15 is 0 Å². The molecule has 0 bridgehead atoms. The van der Waals surface area contributed by atoms with Gasteiger partial charge in [0.15, 0.2) is 0 Å². The van der Waals surface area contributed by atoms with Crippen LogP contribution in [0.1, 0.15) is 32.6 Å². The smallest absolute Gasteiger partial charge is 0.0586 e. The van der Waals surface area contributed by atoms with E-state index in [1.165, 1.54) is 0 Å². The van der Waals surface area contributed by atoms with Crippen molar-refractivity contribution in [3.05, 3.63) is 0 Å². The molecule has 3 unspecified atom stereocenters. The van der Waals surface area contributed by atoms with Crippen LogP contribution in [0.5, 0.6) is 0 Å². The summed E-state index contributed by atoms with van der Waals surface area (Å²) in [5.74, 6) is 0. The van der Waals surface area contributed by atoms with Crippen LogP contribution < -0.4 is 0 Å². The first-order valence-corrected chi connectivity index (χ1v) is 4.71. The van der Waals surface area contributed by atoms with E-state index in [4.69, 9.17) is 10.2 Å². The van der Waals surface area contributed by atoms with E-state index in [1.807, 2.05) is 0 Å². The first-order valence-electron chi connectivity index (χ1n) is 4.71. The fraction of sp³-hybridized carbons (Fsp3) is 1.00. The lowest BCUT2D eigenvalue weighted by Gasteiger charge is -2.15. The molecule has 0 aliphatic heterocycles. The lowest BCUT2D eigenvalue weighted by Crippen LogP contribution is -2.19. The third-order valence-electron chi connectivity index (χ3n) is 1.92. The molecule has 0 fully saturated rings. The molecule has 3 atom stereocenters. The summed E-state index contributed by atoms with van der Waals surface area (Å²) in [6.45, 7) is 1.60. The molecule has 0 aliphatic carbocycles. The van der Waals surface area contributed by atoms with Crippen molar-refractivity contribution < 1.29 is 20.4 Å². The summed E-state index contributed by atoms with van der Waals surface area (Å²) in [6.07, 6.45) is -0.0542. The fourth-order valence-electron chi connectivity index (χ4n) is 1.13. The number of hydrogen-bond acceptors (Lipinski definition) is 4. The maximum atomic E-state index is 9.34. The summed E-state index contributed by atoms with van der Waals surface area (Å²) in [4.78, 5) is 0. The molecule has 0 spiro atoms. The van der Waals surface area contributed by atoms with Crippen molar-refractivity contribution in [2.75, 3.05) is 6.61 Å². The Morgan fingerprint density at radius 3 is 1.92 bits per heavy atom. The highest BCUT2D eigenvalue weighted by Crippen LogP contribution is 2.08. The summed E-state index contributed by atoms with van der Waals surface area (Å²) in [5.41, 5.74) is 0. The van der Waals surface area contributed by atoms with Crippen LogP contribution in [0.4, 0.5) is 0 Å². The van der Waals surface area contributed by atoms with Gasteiger partial charge in [-0.25, -0.2) is 0 Å². The van der Waals surface area contributed by atoms with Crippen LogP contribution in [-0.4, -0.2) is 45.3 Å². The predicted molar refractivity (Wildman–Crippen MR) is 49.2 cm³/mol. The van der Waals surface area contributed by atoms with Crippen molar-refractivity contribution in [1.82, 2.24) is 0 Å². The summed E-state index contributed by atoms with van der Waals surface area (Å²) >= 11 is 0. The van der Waals surface area contributed by atoms with Gasteiger partial charge in [0.2, 0.25) is 0 Å². The minimum Gasteiger partial charge on any atom is -0.396 e. The summed E-state index contributed by atoms with van der Waals surface area (Å²) < 4.78 is 0. The summed E-state index contributed by atoms with van der Waals surface area (Å²) in [7, 11) is 0. The van der Waals surface area contributed by atoms with Crippen LogP contribution in [-0.2, 0) is 0 Å². The molecule has 0 radical (unpaired) electrons. The van der Waals surface area contributed by atoms with E-state index in [0.717, 1.165) is 0 Å². The molecule has 0 amide bonds. The lowest BCUT2D eigenvalue weighted by atomic mass is 10.0. The quantitative estimate of drug-likeness (QED) is 0.444. The van der Waals surface area contributed by atoms with Gasteiger partial charge in [-0.3, -0.25) is 0 Å². The summed E-state index contributed by atoms with van der Waals surface area (Å²) in [5, 5.41) is 36.0. The van der Waals surface area contributed by atoms with E-state index in [2.05, 4.69) is 0 Å². The third kappa shape index (κ3) is 8.18. The van der Waals surface area contributed by atoms with E-state index < -0.39 is 18.3 Å². The second kappa shape index (κ2) is 7.26. The SMILES string of the molecule is CC(O)CCC(O)CC(O)CCO. The zero-order valence-corrected chi connectivity index (χ0v) is 8.06. The van der Waals surface area contributed by atoms with Gasteiger partial charge in [0.05, 0.1) is 18.3 Å². The Bertz CT molecular complexity index is 116. The third-order valence-corrected chi connectivity index (χ3v) is 1.92. The Morgan fingerprint density at radius 1 is 0.923 bits per heavy atom. The van der Waals surface area contributed by atoms with Crippen LogP contribution in [0.15, 0.2) is 0 Å². The largest absolute Gasteiger partial charge is 0.396 e. The van der Waals surface area contributed by atoms with Gasteiger partial charge in [0.25, 0.3) is 0 Å². The van der Waals surface area contributed by atoms with Crippen molar-refractivity contribution in [3.63, 3.8) is 0 Å². The molecule has 0 aromatic heterocycles. The van der Waals surface area contributed by atoms with Crippen LogP contribution in [0.3, 0.4) is 0 Å². The van der Waals surface area contributed by atoms with Crippen LogP contribution in [0.2, 0.25) is 0 Å². The molecular weight excluding hydrogens is 172 g/mol. The van der Waals surface area contributed by atoms with Gasteiger partial charge in [-0.15, -0.1) is 0 Å². The fourth-order valence-corrected chi connectivity index (χ4v) is 1.13. The van der Waals surface area contributed by atoms with Gasteiger partial charge < -0.3 is 20.4 Å². The minimum atomic E-state index is -0.644. The molecule has 0 rings (SSSR count). The van der Waals surface area contributed by atoms with Crippen molar-refractivity contribution in [2.45, 2.75) is 50.9 Å². The number of aliphatic hydroxyl groups is 4. The lowest BCUT2D eigenvalue weighted by molar-refractivity contribution is 0.0517. The maximum absolute atomic E-state index is 9.34. The molecule has 0 saturated carbocycles. The Kier molecular flexibility index (Phi) is 7.17. The van der Waals surface area contributed by atoms with E-state index in [-0.39, 0.29) is 13.0 Å². The van der Waals surface area contributed by atoms with Gasteiger partial charge in [0.1, 0.15) is 0 Å². The van der Waals surface area contributed by atoms with Gasteiger partial charge in [-0.05, 0) is 32.6 Å². The summed E-state index contributed by atoms with van der Waals surface area (Å²) in [6, 6.07) is 0. The number of rotatable bonds is 7. The van der Waals surface area contributed by atoms with Crippen molar-refractivity contribution in [3.8, 4) is 0 Å². The molecular formula is C9H20O4. The number of aliphatic hydroxyl groups excluding tert-OH is 4. The van der Waals surface area contributed by atoms with Gasteiger partial charge in [0, 0.05) is 6.61 Å². The molecule has 13 heavy (non-hydrogen) atoms. The number of hydrogen-bond donors (Lipinski definition) is 4. The average Bonchev–Trinajstić information content (AvgIpc) is 2.01. The maximum Gasteiger partial charge on any atom is 0.0586 e. The molecule has 0 aromatic rings. The van der Waals surface area contributed by atoms with E-state index in [1.54, 1.807) is 6.92 Å². The Labute approximate surface area is 78.8 Å². The first-order chi connectivity index (χ1) is 6.06. The highest BCUT2D eigenvalue weighted by Gasteiger charge is 2.11. The van der Waals surface area contributed by atoms with Crippen LogP contribution in [0.25, 0.3) is 0 Å². The van der Waals surface area contributed by atoms with Crippen molar-refractivity contribution in [2.24, 2.45) is 0 Å². The highest BCUT2D eigenvalue weighted by molar-refractivity contribution is 4.64. The first kappa shape index (κ1) is 12.8. The molecule has 0 aromatic carbocycles. The van der Waals surface area contributed by atoms with Crippen molar-refractivity contribution >= 4 is 0 Å². The highest BCUT2D eigenvalue weighted by atomic mass is 16.3. The standard InChI is InChI=1S/C9H20O4/c1-7(11)2-3-8(12)6-9(13)4-5-10/h7-13H,2-6H2,1H3. The van der Waals surface area contributed by atoms with E-state index in [9.17, 15) is 10.2 Å². The van der Waals surface area contributed by atoms with Crippen LogP contribution in [0, 0.1) is 0 Å². The van der Waals surface area contributed by atoms with Gasteiger partial charge in [-0.1, -0.05) is 0 Å². The Hall–Kier alpha value is -0.160. The zero-order chi connectivity index (χ0) is 10.3. The molecule has 4 heteroatoms. The molecule has 4 nitrogen and oxygen atoms in total. The second-order valence-corrected chi connectivity index (χ2v) is 3.48. The topological polar surface area (TPSA) is 80.9 Å². The Balaban J connectivity index is 3.43. The predicted octanol–water partition coefficient (Wildman–Crippen LogP) is -0.358. The molecule has 0 saturated heterocycles. The molecule has 4 N–H and O–H groups in total. The average molecular weight is 192 g/mol. The van der Waals surface area contributed by atoms with E-state index in [0.29, 0.717) is 19.3 Å². The molecule has 0 aliphatic rings. The van der Waals surface area contributed by atoms with Gasteiger partial charge in [-0.2, -0.15) is 0 Å².